The Morgan fingerprint density at radius 1 is 1.07 bits per heavy atom. The summed E-state index contributed by atoms with van der Waals surface area (Å²) in [4.78, 5) is 16.7. The number of nitrogens with zero attached hydrogens (tertiary/aromatic N) is 4. The van der Waals surface area contributed by atoms with Crippen molar-refractivity contribution in [2.45, 2.75) is 12.7 Å². The lowest BCUT2D eigenvalue weighted by Gasteiger charge is -2.09. The molecule has 27 heavy (non-hydrogen) atoms. The number of aromatic nitrogens is 4. The molecule has 3 heterocycles. The third-order valence-corrected chi connectivity index (χ3v) is 4.08. The summed E-state index contributed by atoms with van der Waals surface area (Å²) in [5.74, 6) is -0.208. The molecule has 4 aromatic rings. The molecule has 0 spiro atoms. The molecule has 0 aliphatic heterocycles. The summed E-state index contributed by atoms with van der Waals surface area (Å²) in [5, 5.41) is 11.2. The van der Waals surface area contributed by atoms with Crippen LogP contribution in [0.3, 0.4) is 0 Å². The first kappa shape index (κ1) is 17.0. The molecule has 4 rings (SSSR count). The highest BCUT2D eigenvalue weighted by atomic mass is 19.4. The van der Waals surface area contributed by atoms with E-state index in [1.54, 1.807) is 24.4 Å². The summed E-state index contributed by atoms with van der Waals surface area (Å²) in [6.45, 7) is -0.0788. The number of rotatable bonds is 3. The fourth-order valence-corrected chi connectivity index (χ4v) is 2.77. The maximum atomic E-state index is 12.9. The van der Waals surface area contributed by atoms with Gasteiger partial charge in [-0.2, -0.15) is 13.2 Å². The maximum Gasteiger partial charge on any atom is 0.417 e. The zero-order valence-corrected chi connectivity index (χ0v) is 13.7. The molecule has 0 aliphatic carbocycles. The zero-order valence-electron chi connectivity index (χ0n) is 13.7. The van der Waals surface area contributed by atoms with Crippen molar-refractivity contribution < 1.29 is 18.0 Å². The second-order valence-corrected chi connectivity index (χ2v) is 5.82. The monoisotopic (exact) mass is 371 g/mol. The number of hydrogen-bond donors (Lipinski definition) is 1. The average molecular weight is 371 g/mol. The molecular formula is C18H12F3N5O. The minimum Gasteiger partial charge on any atom is -0.345 e. The van der Waals surface area contributed by atoms with Gasteiger partial charge in [0.25, 0.3) is 5.91 Å². The molecule has 1 amide bonds. The van der Waals surface area contributed by atoms with E-state index in [0.29, 0.717) is 11.1 Å². The molecule has 1 N–H and O–H groups in total. The SMILES string of the molecule is O=C(NCc1nnc2ccc(C(F)(F)F)cn12)c1cccc2cccnc12. The van der Waals surface area contributed by atoms with Gasteiger partial charge in [0.05, 0.1) is 23.2 Å². The third-order valence-electron chi connectivity index (χ3n) is 4.08. The van der Waals surface area contributed by atoms with Gasteiger partial charge >= 0.3 is 6.18 Å². The van der Waals surface area contributed by atoms with E-state index in [9.17, 15) is 18.0 Å². The third kappa shape index (κ3) is 3.19. The molecule has 0 radical (unpaired) electrons. The van der Waals surface area contributed by atoms with Crippen LogP contribution in [0.1, 0.15) is 21.7 Å². The van der Waals surface area contributed by atoms with Crippen molar-refractivity contribution in [1.82, 2.24) is 24.9 Å². The van der Waals surface area contributed by atoms with E-state index in [4.69, 9.17) is 0 Å². The Labute approximate surface area is 150 Å². The van der Waals surface area contributed by atoms with Crippen molar-refractivity contribution in [2.24, 2.45) is 0 Å². The number of carbonyl (C=O) groups is 1. The van der Waals surface area contributed by atoms with Gasteiger partial charge in [-0.3, -0.25) is 14.2 Å². The van der Waals surface area contributed by atoms with Gasteiger partial charge in [0.15, 0.2) is 11.5 Å². The van der Waals surface area contributed by atoms with Gasteiger partial charge in [-0.25, -0.2) is 0 Å². The molecule has 0 atom stereocenters. The Morgan fingerprint density at radius 3 is 2.70 bits per heavy atom. The highest BCUT2D eigenvalue weighted by molar-refractivity contribution is 6.05. The molecule has 1 aromatic carbocycles. The van der Waals surface area contributed by atoms with E-state index in [1.807, 2.05) is 12.1 Å². The number of para-hydroxylation sites is 1. The minimum atomic E-state index is -4.48. The molecular weight excluding hydrogens is 359 g/mol. The van der Waals surface area contributed by atoms with Crippen LogP contribution in [0.15, 0.2) is 54.9 Å². The summed E-state index contributed by atoms with van der Waals surface area (Å²) in [5.41, 5.74) is 0.362. The molecule has 0 saturated heterocycles. The number of amides is 1. The van der Waals surface area contributed by atoms with Gasteiger partial charge in [-0.15, -0.1) is 10.2 Å². The van der Waals surface area contributed by atoms with Crippen LogP contribution in [0.2, 0.25) is 0 Å². The standard InChI is InChI=1S/C18H12F3N5O/c19-18(20,21)12-6-7-14-24-25-15(26(14)10-12)9-23-17(27)13-5-1-3-11-4-2-8-22-16(11)13/h1-8,10H,9H2,(H,23,27). The number of benzene rings is 1. The summed E-state index contributed by atoms with van der Waals surface area (Å²) in [7, 11) is 0. The van der Waals surface area contributed by atoms with Crippen molar-refractivity contribution in [2.75, 3.05) is 0 Å². The molecule has 6 nitrogen and oxygen atoms in total. The number of nitrogens with one attached hydrogen (secondary N) is 1. The van der Waals surface area contributed by atoms with Gasteiger partial charge in [0.1, 0.15) is 0 Å². The normalized spacial score (nSPS) is 11.8. The summed E-state index contributed by atoms with van der Waals surface area (Å²) >= 11 is 0. The predicted molar refractivity (Wildman–Crippen MR) is 90.9 cm³/mol. The molecule has 0 aliphatic rings. The van der Waals surface area contributed by atoms with E-state index in [0.717, 1.165) is 17.6 Å². The number of alkyl halides is 3. The summed E-state index contributed by atoms with van der Waals surface area (Å²) in [6, 6.07) is 11.0. The van der Waals surface area contributed by atoms with Crippen LogP contribution in [0.25, 0.3) is 16.6 Å². The Balaban J connectivity index is 1.60. The van der Waals surface area contributed by atoms with Crippen LogP contribution in [-0.2, 0) is 12.7 Å². The van der Waals surface area contributed by atoms with Crippen LogP contribution in [-0.4, -0.2) is 25.5 Å². The lowest BCUT2D eigenvalue weighted by molar-refractivity contribution is -0.137. The molecule has 136 valence electrons. The average Bonchev–Trinajstić information content (AvgIpc) is 3.07. The lowest BCUT2D eigenvalue weighted by atomic mass is 10.1. The fourth-order valence-electron chi connectivity index (χ4n) is 2.77. The number of fused-ring (bicyclic) bond motifs is 2. The van der Waals surface area contributed by atoms with E-state index >= 15 is 0 Å². The Kier molecular flexibility index (Phi) is 3.98. The molecule has 3 aromatic heterocycles. The number of carbonyl (C=O) groups excluding carboxylic acids is 1. The summed E-state index contributed by atoms with van der Waals surface area (Å²) in [6.07, 6.45) is -1.98. The highest BCUT2D eigenvalue weighted by Gasteiger charge is 2.31. The molecule has 0 bridgehead atoms. The molecule has 0 saturated carbocycles. The minimum absolute atomic E-state index is 0.0788. The number of hydrogen-bond acceptors (Lipinski definition) is 4. The molecule has 9 heteroatoms. The maximum absolute atomic E-state index is 12.9. The highest BCUT2D eigenvalue weighted by Crippen LogP contribution is 2.29. The summed E-state index contributed by atoms with van der Waals surface area (Å²) < 4.78 is 39.9. The fraction of sp³-hybridized carbons (Fsp3) is 0.111. The first-order valence-corrected chi connectivity index (χ1v) is 7.96. The van der Waals surface area contributed by atoms with Crippen molar-refractivity contribution in [3.63, 3.8) is 0 Å². The Hall–Kier alpha value is -3.49. The van der Waals surface area contributed by atoms with Crippen LogP contribution in [0, 0.1) is 0 Å². The zero-order chi connectivity index (χ0) is 19.0. The quantitative estimate of drug-likeness (QED) is 0.600. The molecule has 0 fully saturated rings. The second-order valence-electron chi connectivity index (χ2n) is 5.82. The smallest absolute Gasteiger partial charge is 0.345 e. The number of halogens is 3. The van der Waals surface area contributed by atoms with Gasteiger partial charge in [-0.1, -0.05) is 18.2 Å². The topological polar surface area (TPSA) is 72.2 Å². The van der Waals surface area contributed by atoms with Crippen LogP contribution < -0.4 is 5.32 Å². The van der Waals surface area contributed by atoms with Gasteiger partial charge in [0.2, 0.25) is 0 Å². The van der Waals surface area contributed by atoms with E-state index in [2.05, 4.69) is 20.5 Å². The van der Waals surface area contributed by atoms with Crippen molar-refractivity contribution >= 4 is 22.5 Å². The predicted octanol–water partition coefficient (Wildman–Crippen LogP) is 3.23. The number of pyridine rings is 2. The van der Waals surface area contributed by atoms with Crippen molar-refractivity contribution in [1.29, 1.82) is 0 Å². The van der Waals surface area contributed by atoms with E-state index < -0.39 is 17.6 Å². The van der Waals surface area contributed by atoms with Crippen molar-refractivity contribution in [3.8, 4) is 0 Å². The van der Waals surface area contributed by atoms with Crippen LogP contribution in [0.4, 0.5) is 13.2 Å². The Bertz CT molecular complexity index is 1150. The van der Waals surface area contributed by atoms with Crippen LogP contribution in [0.5, 0.6) is 0 Å². The van der Waals surface area contributed by atoms with Crippen LogP contribution >= 0.6 is 0 Å². The first-order chi connectivity index (χ1) is 12.9. The van der Waals surface area contributed by atoms with Crippen molar-refractivity contribution in [3.05, 3.63) is 71.8 Å². The van der Waals surface area contributed by atoms with Gasteiger partial charge < -0.3 is 5.32 Å². The van der Waals surface area contributed by atoms with Gasteiger partial charge in [-0.05, 0) is 24.3 Å². The second kappa shape index (κ2) is 6.35. The first-order valence-electron chi connectivity index (χ1n) is 7.96. The molecule has 0 unspecified atom stereocenters. The largest absolute Gasteiger partial charge is 0.417 e. The van der Waals surface area contributed by atoms with E-state index in [1.165, 1.54) is 10.5 Å². The van der Waals surface area contributed by atoms with Gasteiger partial charge in [0, 0.05) is 17.8 Å². The Morgan fingerprint density at radius 2 is 1.89 bits per heavy atom. The lowest BCUT2D eigenvalue weighted by Crippen LogP contribution is -2.24. The van der Waals surface area contributed by atoms with E-state index in [-0.39, 0.29) is 18.0 Å².